The number of imidazole rings is 1. The summed E-state index contributed by atoms with van der Waals surface area (Å²) in [5.41, 5.74) is 4.10. The number of aliphatic hydroxyl groups excluding tert-OH is 1. The van der Waals surface area contributed by atoms with Crippen molar-refractivity contribution in [2.75, 3.05) is 12.3 Å². The maximum absolute atomic E-state index is 12.9. The lowest BCUT2D eigenvalue weighted by atomic mass is 10.1. The Labute approximate surface area is 221 Å². The van der Waals surface area contributed by atoms with Gasteiger partial charge in [0.05, 0.1) is 17.5 Å². The first-order chi connectivity index (χ1) is 18.5. The highest BCUT2D eigenvalue weighted by Gasteiger charge is 2.43. The van der Waals surface area contributed by atoms with E-state index in [0.29, 0.717) is 12.1 Å². The number of nitrogens with zero attached hydrogens (tertiary/aromatic N) is 4. The molecule has 1 aromatic carbocycles. The number of aliphatic hydroxyl groups is 1. The van der Waals surface area contributed by atoms with Gasteiger partial charge in [0.1, 0.15) is 17.9 Å². The van der Waals surface area contributed by atoms with Crippen molar-refractivity contribution in [3.05, 3.63) is 48.1 Å². The van der Waals surface area contributed by atoms with E-state index in [-0.39, 0.29) is 23.5 Å². The number of phenolic OH excluding ortho intramolecular Hbond substituents is 2. The summed E-state index contributed by atoms with van der Waals surface area (Å²) in [7, 11) is 0. The summed E-state index contributed by atoms with van der Waals surface area (Å²) in [5, 5.41) is 31.8. The number of carbonyl (C=O) groups excluding carboxylic acids is 2. The summed E-state index contributed by atoms with van der Waals surface area (Å²) in [5.74, 6) is -3.82. The number of alkyl halides is 3. The summed E-state index contributed by atoms with van der Waals surface area (Å²) in [6.07, 6.45) is -3.84. The van der Waals surface area contributed by atoms with Gasteiger partial charge < -0.3 is 31.1 Å². The van der Waals surface area contributed by atoms with E-state index >= 15 is 0 Å². The van der Waals surface area contributed by atoms with Crippen LogP contribution in [-0.2, 0) is 15.7 Å². The highest BCUT2D eigenvalue weighted by molar-refractivity contribution is 5.98. The third-order valence-electron chi connectivity index (χ3n) is 5.14. The molecule has 1 saturated heterocycles. The van der Waals surface area contributed by atoms with Crippen LogP contribution in [0.4, 0.5) is 19.0 Å². The Morgan fingerprint density at radius 1 is 1.18 bits per heavy atom. The van der Waals surface area contributed by atoms with E-state index in [1.165, 1.54) is 29.4 Å². The number of benzene rings is 1. The standard InChI is InChI=1S/C20H17F3N6O6.2C2H6/c21-20(22,23)8-4-9(13(31)10(30)5-8)18(34)25-3-1-2-11-14(32)15(33)19(35-11)29-7-28-12-16(24)26-6-27-17(12)29;2*1-2/h1-2,4-7,11,15,19,30-31,33H,3H2,(H,25,34)(H2,24,26,27);2*1-2H3/b2-1+;;. The number of ether oxygens (including phenoxy) is 1. The number of phenols is 2. The van der Waals surface area contributed by atoms with Crippen LogP contribution in [-0.4, -0.2) is 65.3 Å². The molecule has 0 aliphatic carbocycles. The third-order valence-corrected chi connectivity index (χ3v) is 5.14. The van der Waals surface area contributed by atoms with Gasteiger partial charge in [-0.2, -0.15) is 13.2 Å². The fourth-order valence-corrected chi connectivity index (χ4v) is 3.41. The Morgan fingerprint density at radius 2 is 1.85 bits per heavy atom. The number of Topliss-reactive ketones (excluding diaryl/α,β-unsaturated/α-hetero) is 1. The van der Waals surface area contributed by atoms with Crippen LogP contribution >= 0.6 is 0 Å². The zero-order valence-electron chi connectivity index (χ0n) is 21.5. The van der Waals surface area contributed by atoms with Gasteiger partial charge in [0.2, 0.25) is 0 Å². The average molecular weight is 555 g/mol. The van der Waals surface area contributed by atoms with E-state index in [4.69, 9.17) is 10.5 Å². The molecule has 3 heterocycles. The highest BCUT2D eigenvalue weighted by Crippen LogP contribution is 2.37. The summed E-state index contributed by atoms with van der Waals surface area (Å²) in [6.45, 7) is 7.72. The zero-order chi connectivity index (χ0) is 29.5. The fraction of sp³-hybridized carbons (Fsp3) is 0.375. The first-order valence-corrected chi connectivity index (χ1v) is 11.9. The lowest BCUT2D eigenvalue weighted by Crippen LogP contribution is -2.26. The molecule has 4 rings (SSSR count). The van der Waals surface area contributed by atoms with Gasteiger partial charge in [0.15, 0.2) is 41.1 Å². The van der Waals surface area contributed by atoms with Crippen LogP contribution in [0.1, 0.15) is 49.8 Å². The number of hydrogen-bond acceptors (Lipinski definition) is 10. The summed E-state index contributed by atoms with van der Waals surface area (Å²) in [4.78, 5) is 36.5. The number of amides is 1. The number of fused-ring (bicyclic) bond motifs is 1. The van der Waals surface area contributed by atoms with Gasteiger partial charge in [-0.15, -0.1) is 0 Å². The molecule has 0 saturated carbocycles. The molecular weight excluding hydrogens is 525 g/mol. The summed E-state index contributed by atoms with van der Waals surface area (Å²) in [6, 6.07) is 0.686. The Kier molecular flexibility index (Phi) is 10.3. The van der Waals surface area contributed by atoms with Gasteiger partial charge in [-0.3, -0.25) is 14.2 Å². The molecule has 3 aromatic rings. The summed E-state index contributed by atoms with van der Waals surface area (Å²) < 4.78 is 45.6. The SMILES string of the molecule is CC.CC.Nc1ncnc2c1ncn2C1OC(/C=C/CNC(=O)c2cc(C(F)(F)F)cc(O)c2O)C(=O)C1O. The van der Waals surface area contributed by atoms with Gasteiger partial charge in [-0.25, -0.2) is 15.0 Å². The number of halogens is 3. The first-order valence-electron chi connectivity index (χ1n) is 11.9. The molecule has 3 unspecified atom stereocenters. The van der Waals surface area contributed by atoms with Crippen LogP contribution in [0.15, 0.2) is 36.9 Å². The Bertz CT molecular complexity index is 1340. The second-order valence-corrected chi connectivity index (χ2v) is 7.40. The second kappa shape index (κ2) is 13.0. The molecule has 1 amide bonds. The smallest absolute Gasteiger partial charge is 0.416 e. The molecule has 0 radical (unpaired) electrons. The topological polar surface area (TPSA) is 186 Å². The normalized spacial score (nSPS) is 18.9. The predicted octanol–water partition coefficient (Wildman–Crippen LogP) is 2.70. The predicted molar refractivity (Wildman–Crippen MR) is 134 cm³/mol. The van der Waals surface area contributed by atoms with Gasteiger partial charge in [-0.05, 0) is 12.1 Å². The maximum atomic E-state index is 12.9. The van der Waals surface area contributed by atoms with Crippen molar-refractivity contribution in [2.24, 2.45) is 0 Å². The number of carbonyl (C=O) groups is 2. The largest absolute Gasteiger partial charge is 0.504 e. The zero-order valence-corrected chi connectivity index (χ0v) is 21.5. The molecule has 39 heavy (non-hydrogen) atoms. The van der Waals surface area contributed by atoms with Crippen molar-refractivity contribution in [3.8, 4) is 11.5 Å². The average Bonchev–Trinajstić information content (AvgIpc) is 3.47. The molecule has 0 bridgehead atoms. The molecule has 1 fully saturated rings. The van der Waals surface area contributed by atoms with E-state index in [2.05, 4.69) is 20.3 Å². The van der Waals surface area contributed by atoms with E-state index in [1.807, 2.05) is 27.7 Å². The monoisotopic (exact) mass is 554 g/mol. The van der Waals surface area contributed by atoms with Crippen LogP contribution in [0.5, 0.6) is 11.5 Å². The molecule has 1 aliphatic rings. The van der Waals surface area contributed by atoms with Gasteiger partial charge >= 0.3 is 6.18 Å². The van der Waals surface area contributed by atoms with Crippen molar-refractivity contribution in [1.29, 1.82) is 0 Å². The third kappa shape index (κ3) is 6.61. The van der Waals surface area contributed by atoms with Gasteiger partial charge in [-0.1, -0.05) is 39.8 Å². The van der Waals surface area contributed by atoms with Crippen molar-refractivity contribution in [1.82, 2.24) is 24.8 Å². The quantitative estimate of drug-likeness (QED) is 0.232. The minimum Gasteiger partial charge on any atom is -0.504 e. The number of rotatable bonds is 5. The molecule has 0 spiro atoms. The minimum absolute atomic E-state index is 0.0971. The molecule has 6 N–H and O–H groups in total. The van der Waals surface area contributed by atoms with E-state index < -0.39 is 58.9 Å². The number of anilines is 1. The molecule has 1 aliphatic heterocycles. The number of nitrogen functional groups attached to an aromatic ring is 1. The van der Waals surface area contributed by atoms with Crippen molar-refractivity contribution < 1.29 is 42.8 Å². The first kappa shape index (κ1) is 31.0. The number of aromatic hydroxyl groups is 2. The lowest BCUT2D eigenvalue weighted by molar-refractivity contribution is -0.137. The lowest BCUT2D eigenvalue weighted by Gasteiger charge is -2.14. The van der Waals surface area contributed by atoms with Crippen molar-refractivity contribution in [3.63, 3.8) is 0 Å². The minimum atomic E-state index is -4.85. The van der Waals surface area contributed by atoms with Crippen molar-refractivity contribution >= 4 is 28.7 Å². The number of nitrogens with one attached hydrogen (secondary N) is 1. The van der Waals surface area contributed by atoms with Crippen LogP contribution in [0.25, 0.3) is 11.2 Å². The number of ketones is 1. The Morgan fingerprint density at radius 3 is 2.49 bits per heavy atom. The van der Waals surface area contributed by atoms with E-state index in [1.54, 1.807) is 0 Å². The van der Waals surface area contributed by atoms with E-state index in [9.17, 15) is 38.1 Å². The van der Waals surface area contributed by atoms with E-state index in [0.717, 1.165) is 0 Å². The highest BCUT2D eigenvalue weighted by atomic mass is 19.4. The van der Waals surface area contributed by atoms with Crippen LogP contribution in [0, 0.1) is 0 Å². The summed E-state index contributed by atoms with van der Waals surface area (Å²) >= 11 is 0. The molecule has 3 atom stereocenters. The Hall–Kier alpha value is -4.24. The second-order valence-electron chi connectivity index (χ2n) is 7.40. The molecule has 2 aromatic heterocycles. The molecule has 15 heteroatoms. The van der Waals surface area contributed by atoms with Gasteiger partial charge in [0.25, 0.3) is 5.91 Å². The molecule has 12 nitrogen and oxygen atoms in total. The Balaban J connectivity index is 0.00000127. The molecular formula is C24H29F3N6O6. The maximum Gasteiger partial charge on any atom is 0.416 e. The van der Waals surface area contributed by atoms with Crippen LogP contribution in [0.2, 0.25) is 0 Å². The van der Waals surface area contributed by atoms with Gasteiger partial charge in [0, 0.05) is 6.54 Å². The number of nitrogens with two attached hydrogens (primary N) is 1. The van der Waals surface area contributed by atoms with Crippen LogP contribution in [0.3, 0.4) is 0 Å². The fourth-order valence-electron chi connectivity index (χ4n) is 3.41. The molecule has 212 valence electrons. The number of aromatic nitrogens is 4. The number of hydrogen-bond donors (Lipinski definition) is 5. The van der Waals surface area contributed by atoms with Crippen LogP contribution < -0.4 is 11.1 Å². The van der Waals surface area contributed by atoms with Crippen molar-refractivity contribution in [2.45, 2.75) is 52.3 Å².